The molecule has 1 aromatic carbocycles. The lowest BCUT2D eigenvalue weighted by atomic mass is 10.3. The number of rotatable bonds is 2. The number of nitrogens with two attached hydrogens (primary N) is 1. The zero-order valence-electron chi connectivity index (χ0n) is 6.16. The van der Waals surface area contributed by atoms with Crippen LogP contribution in [0, 0.1) is 21.7 Å². The van der Waals surface area contributed by atoms with Gasteiger partial charge in [0, 0.05) is 6.07 Å². The molecule has 5 nitrogen and oxygen atoms in total. The first-order valence-corrected chi connectivity index (χ1v) is 3.07. The van der Waals surface area contributed by atoms with Crippen molar-refractivity contribution in [2.45, 2.75) is 0 Å². The van der Waals surface area contributed by atoms with Crippen molar-refractivity contribution in [1.82, 2.24) is 0 Å². The second-order valence-electron chi connectivity index (χ2n) is 2.08. The number of hydrogen-bond donors (Lipinski definition) is 1. The molecule has 0 radical (unpaired) electrons. The molecule has 0 heterocycles. The molecule has 7 heteroatoms. The van der Waals surface area contributed by atoms with Gasteiger partial charge in [0.2, 0.25) is 5.82 Å². The molecule has 0 unspecified atom stereocenters. The molecule has 0 spiro atoms. The molecular weight excluding hydrogens is 186 g/mol. The fourth-order valence-corrected chi connectivity index (χ4v) is 0.778. The fraction of sp³-hybridized carbons (Fsp3) is 0. The Kier molecular flexibility index (Phi) is 2.38. The predicted molar refractivity (Wildman–Crippen MR) is 37.8 cm³/mol. The van der Waals surface area contributed by atoms with E-state index < -0.39 is 28.0 Å². The van der Waals surface area contributed by atoms with Crippen molar-refractivity contribution in [2.75, 3.05) is 0 Å². The topological polar surface area (TPSA) is 78.4 Å². The van der Waals surface area contributed by atoms with E-state index in [0.717, 1.165) is 6.07 Å². The Balaban J connectivity index is 3.38. The average Bonchev–Trinajstić information content (AvgIpc) is 2.09. The highest BCUT2D eigenvalue weighted by Crippen LogP contribution is 2.30. The maximum Gasteiger partial charge on any atom is 0.316 e. The van der Waals surface area contributed by atoms with E-state index in [1.807, 2.05) is 0 Å². The highest BCUT2D eigenvalue weighted by atomic mass is 19.2. The molecule has 1 aromatic rings. The van der Waals surface area contributed by atoms with E-state index >= 15 is 0 Å². The molecule has 0 saturated heterocycles. The molecule has 0 fully saturated rings. The summed E-state index contributed by atoms with van der Waals surface area (Å²) in [5, 5.41) is 10.2. The van der Waals surface area contributed by atoms with E-state index in [4.69, 9.17) is 0 Å². The Morgan fingerprint density at radius 2 is 2.08 bits per heavy atom. The molecule has 13 heavy (non-hydrogen) atoms. The normalized spacial score (nSPS) is 9.77. The Morgan fingerprint density at radius 3 is 2.54 bits per heavy atom. The number of halogens is 2. The first-order valence-electron chi connectivity index (χ1n) is 3.07. The molecule has 70 valence electrons. The van der Waals surface area contributed by atoms with Crippen LogP contribution in [-0.2, 0) is 0 Å². The molecule has 0 aliphatic heterocycles. The van der Waals surface area contributed by atoms with Crippen molar-refractivity contribution in [2.24, 2.45) is 5.90 Å². The summed E-state index contributed by atoms with van der Waals surface area (Å²) in [5.41, 5.74) is -0.721. The minimum Gasteiger partial charge on any atom is -0.401 e. The van der Waals surface area contributed by atoms with Crippen LogP contribution in [0.15, 0.2) is 12.1 Å². The van der Waals surface area contributed by atoms with Gasteiger partial charge in [0.15, 0.2) is 5.82 Å². The van der Waals surface area contributed by atoms with Crippen LogP contribution in [0.5, 0.6) is 5.75 Å². The Hall–Kier alpha value is -1.76. The van der Waals surface area contributed by atoms with Gasteiger partial charge in [0.05, 0.1) is 4.92 Å². The molecule has 0 bridgehead atoms. The molecule has 1 rings (SSSR count). The lowest BCUT2D eigenvalue weighted by molar-refractivity contribution is -0.386. The summed E-state index contributed by atoms with van der Waals surface area (Å²) < 4.78 is 25.2. The zero-order valence-corrected chi connectivity index (χ0v) is 6.16. The quantitative estimate of drug-likeness (QED) is 0.559. The van der Waals surface area contributed by atoms with E-state index in [2.05, 4.69) is 10.7 Å². The van der Waals surface area contributed by atoms with Crippen LogP contribution >= 0.6 is 0 Å². The molecule has 0 amide bonds. The third kappa shape index (κ3) is 1.54. The Morgan fingerprint density at radius 1 is 1.46 bits per heavy atom. The van der Waals surface area contributed by atoms with Crippen LogP contribution in [0.3, 0.4) is 0 Å². The second-order valence-corrected chi connectivity index (χ2v) is 2.08. The highest BCUT2D eigenvalue weighted by molar-refractivity contribution is 5.47. The first kappa shape index (κ1) is 9.33. The minimum absolute atomic E-state index is 0.621. The molecule has 0 aliphatic rings. The van der Waals surface area contributed by atoms with Gasteiger partial charge in [0.1, 0.15) is 0 Å². The molecule has 0 atom stereocenters. The van der Waals surface area contributed by atoms with E-state index in [0.29, 0.717) is 6.07 Å². The van der Waals surface area contributed by atoms with E-state index in [1.54, 1.807) is 0 Å². The van der Waals surface area contributed by atoms with Gasteiger partial charge in [-0.1, -0.05) is 0 Å². The third-order valence-corrected chi connectivity index (χ3v) is 1.34. The third-order valence-electron chi connectivity index (χ3n) is 1.34. The lowest BCUT2D eigenvalue weighted by Gasteiger charge is -2.01. The molecule has 0 aromatic heterocycles. The minimum atomic E-state index is -1.48. The summed E-state index contributed by atoms with van der Waals surface area (Å²) in [4.78, 5) is 13.2. The highest BCUT2D eigenvalue weighted by Gasteiger charge is 2.22. The Labute approximate surface area is 70.8 Å². The molecule has 2 N–H and O–H groups in total. The van der Waals surface area contributed by atoms with Gasteiger partial charge in [0.25, 0.3) is 5.75 Å². The largest absolute Gasteiger partial charge is 0.401 e. The number of hydrogen-bond acceptors (Lipinski definition) is 4. The van der Waals surface area contributed by atoms with Crippen LogP contribution in [0.1, 0.15) is 0 Å². The summed E-state index contributed by atoms with van der Waals surface area (Å²) >= 11 is 0. The summed E-state index contributed by atoms with van der Waals surface area (Å²) in [6, 6.07) is 1.39. The van der Waals surface area contributed by atoms with Crippen LogP contribution in [0.25, 0.3) is 0 Å². The molecule has 0 saturated carbocycles. The van der Waals surface area contributed by atoms with Gasteiger partial charge in [-0.2, -0.15) is 10.3 Å². The monoisotopic (exact) mass is 190 g/mol. The van der Waals surface area contributed by atoms with Crippen molar-refractivity contribution >= 4 is 5.69 Å². The molecule has 0 aliphatic carbocycles. The van der Waals surface area contributed by atoms with Crippen molar-refractivity contribution in [3.8, 4) is 5.75 Å². The summed E-state index contributed by atoms with van der Waals surface area (Å²) in [6.45, 7) is 0. The first-order chi connectivity index (χ1) is 6.07. The standard InChI is InChI=1S/C6H4F2N2O3/c7-3-1-2-4(10(11)12)6(13-9)5(3)8/h1-2H,9H2. The summed E-state index contributed by atoms with van der Waals surface area (Å²) in [5.74, 6) is 0.901. The summed E-state index contributed by atoms with van der Waals surface area (Å²) in [7, 11) is 0. The number of benzene rings is 1. The Bertz CT molecular complexity index is 356. The van der Waals surface area contributed by atoms with Gasteiger partial charge >= 0.3 is 5.69 Å². The van der Waals surface area contributed by atoms with Gasteiger partial charge < -0.3 is 4.84 Å². The van der Waals surface area contributed by atoms with Crippen LogP contribution in [0.4, 0.5) is 14.5 Å². The van der Waals surface area contributed by atoms with Crippen LogP contribution < -0.4 is 10.7 Å². The molecular formula is C6H4F2N2O3. The lowest BCUT2D eigenvalue weighted by Crippen LogP contribution is -2.07. The average molecular weight is 190 g/mol. The smallest absolute Gasteiger partial charge is 0.316 e. The maximum atomic E-state index is 12.7. The van der Waals surface area contributed by atoms with E-state index in [1.165, 1.54) is 0 Å². The van der Waals surface area contributed by atoms with Crippen LogP contribution in [-0.4, -0.2) is 4.92 Å². The summed E-state index contributed by atoms with van der Waals surface area (Å²) in [6.07, 6.45) is 0. The number of nitrogens with zero attached hydrogens (tertiary/aromatic N) is 1. The van der Waals surface area contributed by atoms with Gasteiger partial charge in [-0.15, -0.1) is 0 Å². The fourth-order valence-electron chi connectivity index (χ4n) is 0.778. The van der Waals surface area contributed by atoms with Crippen molar-refractivity contribution < 1.29 is 18.5 Å². The van der Waals surface area contributed by atoms with Crippen molar-refractivity contribution in [3.05, 3.63) is 33.9 Å². The SMILES string of the molecule is NOc1c([N+](=O)[O-])ccc(F)c1F. The number of nitro groups is 1. The van der Waals surface area contributed by atoms with Gasteiger partial charge in [-0.05, 0) is 6.07 Å². The van der Waals surface area contributed by atoms with Crippen molar-refractivity contribution in [3.63, 3.8) is 0 Å². The van der Waals surface area contributed by atoms with Gasteiger partial charge in [-0.25, -0.2) is 4.39 Å². The zero-order chi connectivity index (χ0) is 10.0. The van der Waals surface area contributed by atoms with E-state index in [-0.39, 0.29) is 0 Å². The van der Waals surface area contributed by atoms with E-state index in [9.17, 15) is 18.9 Å². The van der Waals surface area contributed by atoms with Gasteiger partial charge in [-0.3, -0.25) is 10.1 Å². The predicted octanol–water partition coefficient (Wildman–Crippen LogP) is 1.13. The van der Waals surface area contributed by atoms with Crippen molar-refractivity contribution in [1.29, 1.82) is 0 Å². The maximum absolute atomic E-state index is 12.7. The second kappa shape index (κ2) is 3.31. The number of nitro benzene ring substituents is 1. The van der Waals surface area contributed by atoms with Crippen LogP contribution in [0.2, 0.25) is 0 Å².